The molecule has 0 atom stereocenters. The van der Waals surface area contributed by atoms with Crippen LogP contribution in [0.1, 0.15) is 5.56 Å². The average Bonchev–Trinajstić information content (AvgIpc) is 2.50. The van der Waals surface area contributed by atoms with Crippen molar-refractivity contribution < 1.29 is 19.1 Å². The zero-order chi connectivity index (χ0) is 17.1. The van der Waals surface area contributed by atoms with E-state index in [-0.39, 0.29) is 28.2 Å². The van der Waals surface area contributed by atoms with Crippen molar-refractivity contribution in [3.8, 4) is 5.75 Å². The molecule has 0 unspecified atom stereocenters. The van der Waals surface area contributed by atoms with Crippen LogP contribution in [0.5, 0.6) is 5.75 Å². The van der Waals surface area contributed by atoms with Gasteiger partial charge in [-0.25, -0.2) is 14.7 Å². The lowest BCUT2D eigenvalue weighted by Gasteiger charge is -2.16. The van der Waals surface area contributed by atoms with Crippen LogP contribution in [0.4, 0.5) is 20.6 Å². The normalized spacial score (nSPS) is 10.3. The highest BCUT2D eigenvalue weighted by Crippen LogP contribution is 2.31. The van der Waals surface area contributed by atoms with E-state index in [4.69, 9.17) is 9.94 Å². The summed E-state index contributed by atoms with van der Waals surface area (Å²) in [6, 6.07) is 4.33. The Bertz CT molecular complexity index is 822. The van der Waals surface area contributed by atoms with Crippen molar-refractivity contribution in [2.45, 2.75) is 6.92 Å². The van der Waals surface area contributed by atoms with Gasteiger partial charge >= 0.3 is 6.09 Å². The van der Waals surface area contributed by atoms with Crippen molar-refractivity contribution in [1.29, 1.82) is 0 Å². The number of ether oxygens (including phenoxy) is 1. The number of carbonyl (C=O) groups excluding carboxylic acids is 1. The average molecular weight is 386 g/mol. The largest absolute Gasteiger partial charge is 0.436 e. The van der Waals surface area contributed by atoms with E-state index in [1.165, 1.54) is 42.3 Å². The zero-order valence-corrected chi connectivity index (χ0v) is 13.8. The first kappa shape index (κ1) is 17.0. The maximum atomic E-state index is 14.0. The van der Waals surface area contributed by atoms with Gasteiger partial charge in [0.15, 0.2) is 5.75 Å². The third-order valence-corrected chi connectivity index (χ3v) is 3.55. The molecule has 122 valence electrons. The van der Waals surface area contributed by atoms with Crippen molar-refractivity contribution in [1.82, 2.24) is 10.0 Å². The predicted octanol–water partition coefficient (Wildman–Crippen LogP) is 2.82. The summed E-state index contributed by atoms with van der Waals surface area (Å²) in [5.74, 6) is -0.601. The van der Waals surface area contributed by atoms with Crippen LogP contribution in [0.15, 0.2) is 33.7 Å². The van der Waals surface area contributed by atoms with Crippen LogP contribution >= 0.6 is 15.9 Å². The van der Waals surface area contributed by atoms with Gasteiger partial charge in [-0.3, -0.25) is 10.0 Å². The Balaban J connectivity index is 2.52. The lowest BCUT2D eigenvalue weighted by molar-refractivity contribution is 0.127. The Kier molecular flexibility index (Phi) is 5.02. The molecule has 9 heteroatoms. The van der Waals surface area contributed by atoms with E-state index in [9.17, 15) is 14.0 Å². The number of carbonyl (C=O) groups is 1. The molecular weight excluding hydrogens is 373 g/mol. The van der Waals surface area contributed by atoms with E-state index in [0.29, 0.717) is 4.47 Å². The molecule has 1 aromatic carbocycles. The molecular formula is C14H13BrFN3O4. The van der Waals surface area contributed by atoms with Gasteiger partial charge in [0.1, 0.15) is 5.82 Å². The monoisotopic (exact) mass is 385 g/mol. The first-order chi connectivity index (χ1) is 10.8. The number of nitrogens with zero attached hydrogens (tertiary/aromatic N) is 1. The van der Waals surface area contributed by atoms with E-state index in [2.05, 4.69) is 21.2 Å². The Hall–Kier alpha value is -2.39. The molecule has 1 heterocycles. The molecule has 0 saturated carbocycles. The van der Waals surface area contributed by atoms with Gasteiger partial charge in [0, 0.05) is 17.1 Å². The molecule has 0 fully saturated rings. The van der Waals surface area contributed by atoms with E-state index in [1.54, 1.807) is 6.07 Å². The number of nitrogens with one attached hydrogen (secondary N) is 2. The summed E-state index contributed by atoms with van der Waals surface area (Å²) in [5, 5.41) is 11.3. The second-order valence-electron chi connectivity index (χ2n) is 4.66. The predicted molar refractivity (Wildman–Crippen MR) is 84.7 cm³/mol. The molecule has 2 rings (SSSR count). The molecule has 1 amide bonds. The highest BCUT2D eigenvalue weighted by Gasteiger charge is 2.17. The fourth-order valence-electron chi connectivity index (χ4n) is 1.94. The number of hydrogen-bond donors (Lipinski definition) is 3. The van der Waals surface area contributed by atoms with Crippen molar-refractivity contribution in [2.24, 2.45) is 7.05 Å². The molecule has 0 saturated heterocycles. The summed E-state index contributed by atoms with van der Waals surface area (Å²) in [7, 11) is 1.48. The maximum Gasteiger partial charge on any atom is 0.436 e. The summed E-state index contributed by atoms with van der Waals surface area (Å²) < 4.78 is 20.6. The van der Waals surface area contributed by atoms with Gasteiger partial charge in [0.05, 0.1) is 17.6 Å². The number of hydroxylamine groups is 1. The second-order valence-corrected chi connectivity index (χ2v) is 5.58. The molecule has 0 spiro atoms. The zero-order valence-electron chi connectivity index (χ0n) is 12.2. The third kappa shape index (κ3) is 3.69. The summed E-state index contributed by atoms with van der Waals surface area (Å²) in [5.41, 5.74) is 1.41. The number of amides is 1. The minimum Gasteiger partial charge on any atom is -0.405 e. The van der Waals surface area contributed by atoms with Crippen molar-refractivity contribution in [3.05, 3.63) is 50.6 Å². The van der Waals surface area contributed by atoms with Gasteiger partial charge < -0.3 is 14.6 Å². The Morgan fingerprint density at radius 3 is 2.74 bits per heavy atom. The summed E-state index contributed by atoms with van der Waals surface area (Å²) in [6.45, 7) is 1.51. The van der Waals surface area contributed by atoms with Gasteiger partial charge in [0.25, 0.3) is 5.56 Å². The van der Waals surface area contributed by atoms with Gasteiger partial charge in [0.2, 0.25) is 0 Å². The van der Waals surface area contributed by atoms with Crippen LogP contribution in [0.3, 0.4) is 0 Å². The minimum absolute atomic E-state index is 0.0431. The van der Waals surface area contributed by atoms with Gasteiger partial charge in [-0.1, -0.05) is 15.9 Å². The van der Waals surface area contributed by atoms with Crippen molar-refractivity contribution in [2.75, 3.05) is 5.32 Å². The Morgan fingerprint density at radius 2 is 2.13 bits per heavy atom. The number of pyridine rings is 1. The van der Waals surface area contributed by atoms with Crippen LogP contribution in [-0.4, -0.2) is 15.9 Å². The number of aromatic nitrogens is 1. The quantitative estimate of drug-likeness (QED) is 0.557. The number of aryl methyl sites for hydroxylation is 1. The van der Waals surface area contributed by atoms with Crippen LogP contribution in [-0.2, 0) is 7.05 Å². The second kappa shape index (κ2) is 6.80. The van der Waals surface area contributed by atoms with E-state index >= 15 is 0 Å². The standard InChI is InChI=1S/C14H13BrFN3O4/c1-7-12(17-10-4-3-8(15)5-9(10)16)11(23-14(21)18-22)6-19(2)13(7)20/h3-6,17,22H,1-2H3,(H,18,21). The fourth-order valence-corrected chi connectivity index (χ4v) is 2.27. The van der Waals surface area contributed by atoms with Crippen LogP contribution in [0.25, 0.3) is 0 Å². The van der Waals surface area contributed by atoms with Crippen molar-refractivity contribution >= 4 is 33.4 Å². The number of hydrogen-bond acceptors (Lipinski definition) is 5. The molecule has 0 aliphatic rings. The number of benzene rings is 1. The van der Waals surface area contributed by atoms with Crippen LogP contribution in [0.2, 0.25) is 0 Å². The van der Waals surface area contributed by atoms with Gasteiger partial charge in [-0.2, -0.15) is 0 Å². The number of halogens is 2. The lowest BCUT2D eigenvalue weighted by Crippen LogP contribution is -2.26. The van der Waals surface area contributed by atoms with E-state index < -0.39 is 11.9 Å². The summed E-state index contributed by atoms with van der Waals surface area (Å²) in [4.78, 5) is 23.3. The molecule has 0 radical (unpaired) electrons. The highest BCUT2D eigenvalue weighted by atomic mass is 79.9. The van der Waals surface area contributed by atoms with Crippen molar-refractivity contribution in [3.63, 3.8) is 0 Å². The molecule has 23 heavy (non-hydrogen) atoms. The lowest BCUT2D eigenvalue weighted by atomic mass is 10.2. The minimum atomic E-state index is -1.14. The van der Waals surface area contributed by atoms with Crippen LogP contribution < -0.4 is 21.1 Å². The Morgan fingerprint density at radius 1 is 1.43 bits per heavy atom. The topological polar surface area (TPSA) is 92.6 Å². The van der Waals surface area contributed by atoms with E-state index in [0.717, 1.165) is 0 Å². The molecule has 7 nitrogen and oxygen atoms in total. The number of anilines is 2. The van der Waals surface area contributed by atoms with Crippen LogP contribution in [0, 0.1) is 12.7 Å². The first-order valence-electron chi connectivity index (χ1n) is 6.37. The molecule has 0 aliphatic carbocycles. The molecule has 0 aliphatic heterocycles. The molecule has 0 bridgehead atoms. The first-order valence-corrected chi connectivity index (χ1v) is 7.17. The highest BCUT2D eigenvalue weighted by molar-refractivity contribution is 9.10. The smallest absolute Gasteiger partial charge is 0.405 e. The van der Waals surface area contributed by atoms with Gasteiger partial charge in [-0.15, -0.1) is 0 Å². The Labute approximate surface area is 138 Å². The SMILES string of the molecule is Cc1c(Nc2ccc(Br)cc2F)c(OC(=O)NO)cn(C)c1=O. The third-order valence-electron chi connectivity index (χ3n) is 3.06. The number of rotatable bonds is 3. The van der Waals surface area contributed by atoms with Gasteiger partial charge in [-0.05, 0) is 25.1 Å². The molecule has 3 N–H and O–H groups in total. The molecule has 1 aromatic heterocycles. The van der Waals surface area contributed by atoms with E-state index in [1.807, 2.05) is 0 Å². The fraction of sp³-hybridized carbons (Fsp3) is 0.143. The molecule has 2 aromatic rings. The summed E-state index contributed by atoms with van der Waals surface area (Å²) >= 11 is 3.15. The maximum absolute atomic E-state index is 14.0. The summed E-state index contributed by atoms with van der Waals surface area (Å²) in [6.07, 6.45) is 0.117.